The van der Waals surface area contributed by atoms with E-state index in [0.717, 1.165) is 19.3 Å². The fraction of sp³-hybridized carbons (Fsp3) is 0.545. The van der Waals surface area contributed by atoms with Crippen molar-refractivity contribution in [3.63, 3.8) is 0 Å². The van der Waals surface area contributed by atoms with E-state index >= 15 is 0 Å². The molecule has 1 rings (SSSR count). The Hall–Kier alpha value is -0.410. The molecular weight excluding hydrogens is 255 g/mol. The molecule has 92 valence electrons. The minimum Gasteiger partial charge on any atom is -0.261 e. The number of alkyl halides is 2. The number of rotatable bonds is 5. The summed E-state index contributed by atoms with van der Waals surface area (Å²) in [6.45, 7) is 2.07. The van der Waals surface area contributed by atoms with Crippen LogP contribution < -0.4 is 0 Å². The maximum Gasteiger partial charge on any atom is 0.267 e. The first-order chi connectivity index (χ1) is 7.16. The summed E-state index contributed by atoms with van der Waals surface area (Å²) in [6.07, 6.45) is 2.48. The highest BCUT2D eigenvalue weighted by molar-refractivity contribution is 6.31. The van der Waals surface area contributed by atoms with Crippen molar-refractivity contribution in [3.8, 4) is 0 Å². The van der Waals surface area contributed by atoms with Crippen molar-refractivity contribution in [2.24, 2.45) is 0 Å². The van der Waals surface area contributed by atoms with Gasteiger partial charge in [0.2, 0.25) is 0 Å². The van der Waals surface area contributed by atoms with Gasteiger partial charge in [0.25, 0.3) is 6.43 Å². The number of nitrogens with zero attached hydrogens (tertiary/aromatic N) is 1. The predicted molar refractivity (Wildman–Crippen MR) is 64.7 cm³/mol. The predicted octanol–water partition coefficient (Wildman–Crippen LogP) is 4.83. The summed E-state index contributed by atoms with van der Waals surface area (Å²) in [6, 6.07) is 1.41. The lowest BCUT2D eigenvalue weighted by Gasteiger charge is -2.08. The number of aryl methyl sites for hydroxylation is 1. The van der Waals surface area contributed by atoms with Crippen LogP contribution in [0.15, 0.2) is 12.3 Å². The van der Waals surface area contributed by atoms with Crippen LogP contribution in [-0.4, -0.2) is 4.98 Å². The normalized spacial score (nSPS) is 10.3. The van der Waals surface area contributed by atoms with Crippen molar-refractivity contribution < 1.29 is 8.78 Å². The average molecular weight is 270 g/mol. The molecule has 0 fully saturated rings. The quantitative estimate of drug-likeness (QED) is 0.698. The van der Waals surface area contributed by atoms with E-state index in [9.17, 15) is 8.78 Å². The van der Waals surface area contributed by atoms with E-state index in [0.29, 0.717) is 12.1 Å². The van der Waals surface area contributed by atoms with Gasteiger partial charge in [-0.05, 0) is 18.9 Å². The number of aromatic nitrogens is 1. The van der Waals surface area contributed by atoms with Crippen LogP contribution in [0.2, 0.25) is 5.02 Å². The van der Waals surface area contributed by atoms with E-state index in [2.05, 4.69) is 11.9 Å². The van der Waals surface area contributed by atoms with Crippen molar-refractivity contribution in [1.82, 2.24) is 4.98 Å². The average Bonchev–Trinajstić information content (AvgIpc) is 2.17. The molecule has 0 aliphatic carbocycles. The van der Waals surface area contributed by atoms with E-state index < -0.39 is 6.43 Å². The first-order valence-electron chi connectivity index (χ1n) is 5.08. The Kier molecular flexibility index (Phi) is 7.60. The van der Waals surface area contributed by atoms with Gasteiger partial charge in [0, 0.05) is 6.20 Å². The smallest absolute Gasteiger partial charge is 0.261 e. The van der Waals surface area contributed by atoms with Gasteiger partial charge in [-0.25, -0.2) is 8.78 Å². The summed E-state index contributed by atoms with van der Waals surface area (Å²) in [5.74, 6) is 0. The molecule has 1 heterocycles. The molecule has 0 aliphatic heterocycles. The fourth-order valence-electron chi connectivity index (χ4n) is 1.46. The van der Waals surface area contributed by atoms with Crippen molar-refractivity contribution in [1.29, 1.82) is 0 Å². The maximum atomic E-state index is 12.7. The van der Waals surface area contributed by atoms with Gasteiger partial charge in [-0.15, -0.1) is 12.4 Å². The Morgan fingerprint density at radius 1 is 1.38 bits per heavy atom. The summed E-state index contributed by atoms with van der Waals surface area (Å²) in [4.78, 5) is 3.97. The Morgan fingerprint density at radius 3 is 2.62 bits per heavy atom. The van der Waals surface area contributed by atoms with Gasteiger partial charge < -0.3 is 0 Å². The molecule has 0 saturated carbocycles. The lowest BCUT2D eigenvalue weighted by Crippen LogP contribution is -1.99. The van der Waals surface area contributed by atoms with Crippen LogP contribution in [0.5, 0.6) is 0 Å². The second-order valence-electron chi connectivity index (χ2n) is 3.41. The molecule has 0 unspecified atom stereocenters. The van der Waals surface area contributed by atoms with Crippen LogP contribution in [0.1, 0.15) is 43.9 Å². The molecule has 5 heteroatoms. The van der Waals surface area contributed by atoms with Crippen LogP contribution in [0, 0.1) is 0 Å². The molecule has 0 aliphatic rings. The van der Waals surface area contributed by atoms with Crippen molar-refractivity contribution in [2.75, 3.05) is 0 Å². The third kappa shape index (κ3) is 4.22. The number of hydrogen-bond acceptors (Lipinski definition) is 1. The molecule has 1 aromatic heterocycles. The number of hydrogen-bond donors (Lipinski definition) is 0. The molecule has 0 spiro atoms. The number of halogens is 4. The van der Waals surface area contributed by atoms with Crippen LogP contribution in [-0.2, 0) is 6.42 Å². The van der Waals surface area contributed by atoms with Gasteiger partial charge in [-0.1, -0.05) is 31.4 Å². The standard InChI is InChI=1S/C11H14ClF2N.ClH/c1-2-3-4-5-9-10(11(13)14)8(12)6-7-15-9;/h6-7,11H,2-5H2,1H3;1H. The molecule has 0 atom stereocenters. The van der Waals surface area contributed by atoms with E-state index in [1.165, 1.54) is 12.3 Å². The zero-order chi connectivity index (χ0) is 11.3. The molecular formula is C11H15Cl2F2N. The lowest BCUT2D eigenvalue weighted by molar-refractivity contribution is 0.149. The van der Waals surface area contributed by atoms with Crippen molar-refractivity contribution >= 4 is 24.0 Å². The van der Waals surface area contributed by atoms with Gasteiger partial charge in [0.05, 0.1) is 16.3 Å². The van der Waals surface area contributed by atoms with Gasteiger partial charge in [0.15, 0.2) is 0 Å². The molecule has 0 bridgehead atoms. The van der Waals surface area contributed by atoms with Crippen LogP contribution in [0.3, 0.4) is 0 Å². The minimum atomic E-state index is -2.54. The molecule has 0 radical (unpaired) electrons. The Bertz CT molecular complexity index is 319. The van der Waals surface area contributed by atoms with E-state index in [4.69, 9.17) is 11.6 Å². The van der Waals surface area contributed by atoms with Crippen molar-refractivity contribution in [2.45, 2.75) is 39.0 Å². The first kappa shape index (κ1) is 15.6. The molecule has 0 aromatic carbocycles. The monoisotopic (exact) mass is 269 g/mol. The third-order valence-electron chi connectivity index (χ3n) is 2.25. The second kappa shape index (κ2) is 7.80. The van der Waals surface area contributed by atoms with E-state index in [1.54, 1.807) is 0 Å². The SMILES string of the molecule is CCCCCc1nccc(Cl)c1C(F)F.Cl. The van der Waals surface area contributed by atoms with E-state index in [-0.39, 0.29) is 23.0 Å². The Morgan fingerprint density at radius 2 is 2.06 bits per heavy atom. The van der Waals surface area contributed by atoms with Gasteiger partial charge in [-0.3, -0.25) is 4.98 Å². The van der Waals surface area contributed by atoms with Gasteiger partial charge >= 0.3 is 0 Å². The second-order valence-corrected chi connectivity index (χ2v) is 3.82. The topological polar surface area (TPSA) is 12.9 Å². The van der Waals surface area contributed by atoms with Crippen LogP contribution in [0.4, 0.5) is 8.78 Å². The van der Waals surface area contributed by atoms with Crippen LogP contribution in [0.25, 0.3) is 0 Å². The van der Waals surface area contributed by atoms with Gasteiger partial charge in [-0.2, -0.15) is 0 Å². The zero-order valence-corrected chi connectivity index (χ0v) is 10.6. The highest BCUT2D eigenvalue weighted by atomic mass is 35.5. The summed E-state index contributed by atoms with van der Waals surface area (Å²) in [5.41, 5.74) is 0.334. The summed E-state index contributed by atoms with van der Waals surface area (Å²) < 4.78 is 25.3. The van der Waals surface area contributed by atoms with E-state index in [1.807, 2.05) is 0 Å². The molecule has 0 saturated heterocycles. The van der Waals surface area contributed by atoms with Crippen molar-refractivity contribution in [3.05, 3.63) is 28.5 Å². The number of pyridine rings is 1. The third-order valence-corrected chi connectivity index (χ3v) is 2.58. The Labute approximate surface area is 106 Å². The molecule has 0 amide bonds. The highest BCUT2D eigenvalue weighted by Gasteiger charge is 2.17. The largest absolute Gasteiger partial charge is 0.267 e. The molecule has 0 N–H and O–H groups in total. The summed E-state index contributed by atoms with van der Waals surface area (Å²) in [7, 11) is 0. The Balaban J connectivity index is 0.00000225. The minimum absolute atomic E-state index is 0. The summed E-state index contributed by atoms with van der Waals surface area (Å²) in [5, 5.41) is 0.117. The zero-order valence-electron chi connectivity index (χ0n) is 9.05. The lowest BCUT2D eigenvalue weighted by atomic mass is 10.1. The molecule has 1 nitrogen and oxygen atoms in total. The number of unbranched alkanes of at least 4 members (excludes halogenated alkanes) is 2. The van der Waals surface area contributed by atoms with Crippen LogP contribution >= 0.6 is 24.0 Å². The highest BCUT2D eigenvalue weighted by Crippen LogP contribution is 2.29. The first-order valence-corrected chi connectivity index (χ1v) is 5.46. The summed E-state index contributed by atoms with van der Waals surface area (Å²) >= 11 is 5.72. The van der Waals surface area contributed by atoms with Gasteiger partial charge in [0.1, 0.15) is 0 Å². The molecule has 16 heavy (non-hydrogen) atoms. The maximum absolute atomic E-state index is 12.7. The molecule has 1 aromatic rings. The fourth-order valence-corrected chi connectivity index (χ4v) is 1.71.